The second-order valence-electron chi connectivity index (χ2n) is 9.41. The minimum atomic E-state index is -5.40. The van der Waals surface area contributed by atoms with Gasteiger partial charge in [-0.1, -0.05) is 12.1 Å². The van der Waals surface area contributed by atoms with Crippen molar-refractivity contribution < 1.29 is 105 Å². The predicted molar refractivity (Wildman–Crippen MR) is 159 cm³/mol. The maximum absolute atomic E-state index is 11.8. The zero-order valence-corrected chi connectivity index (χ0v) is 28.5. The first-order valence-corrected chi connectivity index (χ1v) is 16.7. The van der Waals surface area contributed by atoms with E-state index in [4.69, 9.17) is 10.5 Å². The van der Waals surface area contributed by atoms with Gasteiger partial charge < -0.3 is 29.2 Å². The van der Waals surface area contributed by atoms with Gasteiger partial charge in [-0.2, -0.15) is 5.11 Å². The summed E-state index contributed by atoms with van der Waals surface area (Å²) >= 11 is 0. The molecular formula is C27H18Li3N5O11S3. The first-order valence-electron chi connectivity index (χ1n) is 12.5. The molecule has 0 aromatic heterocycles. The van der Waals surface area contributed by atoms with Crippen LogP contribution in [0.5, 0.6) is 11.5 Å². The number of rotatable bonds is 8. The molecule has 0 bridgehead atoms. The molecule has 0 amide bonds. The summed E-state index contributed by atoms with van der Waals surface area (Å²) in [4.78, 5) is -2.98. The maximum atomic E-state index is 11.8. The minimum absolute atomic E-state index is 0. The van der Waals surface area contributed by atoms with E-state index in [2.05, 4.69) is 20.5 Å². The predicted octanol–water partition coefficient (Wildman–Crippen LogP) is -4.16. The van der Waals surface area contributed by atoms with Crippen LogP contribution in [-0.2, 0) is 30.4 Å². The average Bonchev–Trinajstić information content (AvgIpc) is 2.98. The average molecular weight is 705 g/mol. The topological polar surface area (TPSA) is 277 Å². The summed E-state index contributed by atoms with van der Waals surface area (Å²) in [5.74, 6) is -0.330. The van der Waals surface area contributed by atoms with Crippen molar-refractivity contribution in [2.75, 3.05) is 12.8 Å². The minimum Gasteiger partial charge on any atom is -0.744 e. The van der Waals surface area contributed by atoms with Crippen molar-refractivity contribution in [1.29, 1.82) is 0 Å². The third-order valence-corrected chi connectivity index (χ3v) is 9.18. The van der Waals surface area contributed by atoms with Gasteiger partial charge in [0.25, 0.3) is 0 Å². The van der Waals surface area contributed by atoms with Crippen LogP contribution in [0.4, 0.5) is 28.4 Å². The quantitative estimate of drug-likeness (QED) is 0.0674. The molecule has 0 aliphatic rings. The molecule has 0 fully saturated rings. The summed E-state index contributed by atoms with van der Waals surface area (Å²) in [5, 5.41) is 26.4. The van der Waals surface area contributed by atoms with Gasteiger partial charge in [0.05, 0.1) is 49.9 Å². The Morgan fingerprint density at radius 1 is 0.612 bits per heavy atom. The van der Waals surface area contributed by atoms with Crippen LogP contribution in [0.2, 0.25) is 0 Å². The fourth-order valence-corrected chi connectivity index (χ4v) is 6.35. The molecule has 16 nitrogen and oxygen atoms in total. The van der Waals surface area contributed by atoms with Crippen LogP contribution in [0, 0.1) is 0 Å². The van der Waals surface area contributed by atoms with Crippen LogP contribution in [0.1, 0.15) is 0 Å². The monoisotopic (exact) mass is 705 g/mol. The van der Waals surface area contributed by atoms with E-state index in [0.717, 1.165) is 24.3 Å². The number of phenolic OH excluding ortho intramolecular Hbond substituents is 1. The third kappa shape index (κ3) is 8.92. The second kappa shape index (κ2) is 15.7. The van der Waals surface area contributed by atoms with Crippen molar-refractivity contribution in [2.24, 2.45) is 20.5 Å². The molecule has 5 aromatic rings. The maximum Gasteiger partial charge on any atom is 1.00 e. The first-order chi connectivity index (χ1) is 21.5. The molecule has 0 atom stereocenters. The summed E-state index contributed by atoms with van der Waals surface area (Å²) in [6.45, 7) is 0. The summed E-state index contributed by atoms with van der Waals surface area (Å²) in [6.07, 6.45) is 0. The standard InChI is InChI=1S/C27H21N5O11S3.3Li/c1-43-15-4-2-14(3-5-15)29-30-20-10-11-21(19-12-16(44(34,35)36)6-7-17(19)20)31-32-22-9-8-18-23(45(37,38)39)13-24(46(40,41)42)26(28)25(18)27(22)33;;;/h2-13,33H,28H2,1H3,(H,34,35,36)(H,37,38,39)(H,40,41,42);;;/q;3*+1/p-3. The van der Waals surface area contributed by atoms with Crippen LogP contribution in [0.15, 0.2) is 108 Å². The zero-order chi connectivity index (χ0) is 33.6. The summed E-state index contributed by atoms with van der Waals surface area (Å²) in [7, 11) is -14.2. The number of nitrogen functional groups attached to an aromatic ring is 1. The molecule has 0 saturated carbocycles. The molecule has 3 N–H and O–H groups in total. The van der Waals surface area contributed by atoms with Crippen LogP contribution >= 0.6 is 0 Å². The summed E-state index contributed by atoms with van der Waals surface area (Å²) < 4.78 is 111. The number of ether oxygens (including phenoxy) is 1. The zero-order valence-electron chi connectivity index (χ0n) is 26.0. The Balaban J connectivity index is 0.00000278. The van der Waals surface area contributed by atoms with E-state index in [1.54, 1.807) is 24.3 Å². The van der Waals surface area contributed by atoms with Gasteiger partial charge in [0.2, 0.25) is 0 Å². The van der Waals surface area contributed by atoms with Gasteiger partial charge in [-0.25, -0.2) is 25.3 Å². The molecular weight excluding hydrogens is 687 g/mol. The van der Waals surface area contributed by atoms with Crippen molar-refractivity contribution in [3.05, 3.63) is 72.8 Å². The van der Waals surface area contributed by atoms with Gasteiger partial charge in [-0.3, -0.25) is 0 Å². The van der Waals surface area contributed by atoms with Gasteiger partial charge in [0.15, 0.2) is 5.75 Å². The van der Waals surface area contributed by atoms with Crippen molar-refractivity contribution in [1.82, 2.24) is 0 Å². The van der Waals surface area contributed by atoms with E-state index < -0.39 is 72.9 Å². The number of hydrogen-bond donors (Lipinski definition) is 2. The van der Waals surface area contributed by atoms with Gasteiger partial charge >= 0.3 is 56.6 Å². The molecule has 0 radical (unpaired) electrons. The number of hydrogen-bond acceptors (Lipinski definition) is 16. The number of phenols is 1. The first kappa shape index (κ1) is 41.9. The largest absolute Gasteiger partial charge is 1.00 e. The molecule has 22 heteroatoms. The van der Waals surface area contributed by atoms with Gasteiger partial charge in [-0.05, 0) is 60.7 Å². The summed E-state index contributed by atoms with van der Waals surface area (Å²) in [6, 6.07) is 15.2. The van der Waals surface area contributed by atoms with Crippen LogP contribution in [-0.4, -0.2) is 51.1 Å². The van der Waals surface area contributed by atoms with E-state index in [1.165, 1.54) is 25.3 Å². The molecule has 49 heavy (non-hydrogen) atoms. The van der Waals surface area contributed by atoms with Gasteiger partial charge in [0.1, 0.15) is 41.8 Å². The Hall–Kier alpha value is -3.26. The van der Waals surface area contributed by atoms with E-state index in [0.29, 0.717) is 22.9 Å². The van der Waals surface area contributed by atoms with Crippen molar-refractivity contribution >= 4 is 80.3 Å². The Kier molecular flexibility index (Phi) is 13.5. The smallest absolute Gasteiger partial charge is 0.744 e. The van der Waals surface area contributed by atoms with E-state index in [-0.39, 0.29) is 73.3 Å². The Labute approximate surface area is 315 Å². The number of nitrogens with two attached hydrogens (primary N) is 1. The van der Waals surface area contributed by atoms with Crippen molar-refractivity contribution in [3.63, 3.8) is 0 Å². The number of fused-ring (bicyclic) bond motifs is 2. The number of nitrogens with zero attached hydrogens (tertiary/aromatic N) is 4. The van der Waals surface area contributed by atoms with Crippen molar-refractivity contribution in [3.8, 4) is 11.5 Å². The van der Waals surface area contributed by atoms with E-state index in [9.17, 15) is 44.0 Å². The normalized spacial score (nSPS) is 12.1. The molecule has 0 unspecified atom stereocenters. The third-order valence-electron chi connectivity index (χ3n) is 6.60. The number of aromatic hydroxyl groups is 1. The van der Waals surface area contributed by atoms with Crippen LogP contribution in [0.3, 0.4) is 0 Å². The Morgan fingerprint density at radius 3 is 1.67 bits per heavy atom. The Morgan fingerprint density at radius 2 is 1.12 bits per heavy atom. The molecule has 0 aliphatic carbocycles. The molecule has 0 heterocycles. The fraction of sp³-hybridized carbons (Fsp3) is 0.0370. The summed E-state index contributed by atoms with van der Waals surface area (Å²) in [5.41, 5.74) is 5.23. The van der Waals surface area contributed by atoms with Crippen LogP contribution in [0.25, 0.3) is 21.5 Å². The van der Waals surface area contributed by atoms with Crippen molar-refractivity contribution in [2.45, 2.75) is 14.7 Å². The number of methoxy groups -OCH3 is 1. The van der Waals surface area contributed by atoms with Crippen LogP contribution < -0.4 is 67.1 Å². The van der Waals surface area contributed by atoms with Gasteiger partial charge in [-0.15, -0.1) is 15.3 Å². The molecule has 5 aromatic carbocycles. The number of azo groups is 2. The molecule has 0 aliphatic heterocycles. The SMILES string of the molecule is COc1ccc(N=Nc2ccc(N=Nc3ccc4c(S(=O)(=O)[O-])cc(S(=O)(=O)[O-])c(N)c4c3O)c3cc(S(=O)(=O)[O-])ccc23)cc1.[Li+].[Li+].[Li+]. The molecule has 0 spiro atoms. The van der Waals surface area contributed by atoms with Gasteiger partial charge in [0, 0.05) is 16.2 Å². The Bertz CT molecular complexity index is 2460. The van der Waals surface area contributed by atoms with E-state index >= 15 is 0 Å². The van der Waals surface area contributed by atoms with E-state index in [1.807, 2.05) is 0 Å². The molecule has 5 rings (SSSR count). The second-order valence-corrected chi connectivity index (χ2v) is 13.5. The molecule has 0 saturated heterocycles. The fourth-order valence-electron chi connectivity index (χ4n) is 4.44. The molecule has 238 valence electrons. The number of benzene rings is 5. The number of anilines is 1.